The van der Waals surface area contributed by atoms with E-state index in [9.17, 15) is 44.1 Å². The van der Waals surface area contributed by atoms with Crippen LogP contribution < -0.4 is 15.3 Å². The number of carbonyl (C=O) groups excluding carboxylic acids is 6. The van der Waals surface area contributed by atoms with Gasteiger partial charge in [0, 0.05) is 0 Å². The molecule has 3 unspecified atom stereocenters. The zero-order valence-electron chi connectivity index (χ0n) is 25.6. The van der Waals surface area contributed by atoms with Gasteiger partial charge in [-0.15, -0.1) is 0 Å². The normalized spacial score (nSPS) is 12.2. The molecule has 0 aliphatic rings. The van der Waals surface area contributed by atoms with Crippen molar-refractivity contribution in [2.24, 2.45) is 17.8 Å². The van der Waals surface area contributed by atoms with Crippen molar-refractivity contribution < 1.29 is 44.1 Å². The van der Waals surface area contributed by atoms with Gasteiger partial charge in [0.05, 0.1) is 35.7 Å². The average molecular weight is 583 g/mol. The first-order valence-electron chi connectivity index (χ1n) is 14.4. The minimum Gasteiger partial charge on any atom is -0.549 e. The second kappa shape index (κ2) is 29.9. The maximum atomic E-state index is 10.8. The number of unbranched alkanes of at least 4 members (excludes halogenated alkanes) is 9. The summed E-state index contributed by atoms with van der Waals surface area (Å²) < 4.78 is 0. The Morgan fingerprint density at radius 3 is 0.750 bits per heavy atom. The summed E-state index contributed by atoms with van der Waals surface area (Å²) in [5.41, 5.74) is 0. The number of aliphatic carboxylic acids is 3. The Bertz CT molecular complexity index is 585. The van der Waals surface area contributed by atoms with Gasteiger partial charge in [-0.05, 0) is 40.0 Å². The largest absolute Gasteiger partial charge is 3.00 e. The number of ketones is 3. The van der Waals surface area contributed by atoms with Crippen molar-refractivity contribution in [2.45, 2.75) is 138 Å². The van der Waals surface area contributed by atoms with Gasteiger partial charge < -0.3 is 29.7 Å². The van der Waals surface area contributed by atoms with Crippen molar-refractivity contribution in [3.05, 3.63) is 0 Å². The van der Waals surface area contributed by atoms with E-state index in [-0.39, 0.29) is 34.7 Å². The van der Waals surface area contributed by atoms with Crippen LogP contribution in [0, 0.1) is 17.8 Å². The quantitative estimate of drug-likeness (QED) is 0.112. The molecular formula is C30H51AlO9. The summed E-state index contributed by atoms with van der Waals surface area (Å²) in [6, 6.07) is 0. The Morgan fingerprint density at radius 2 is 0.625 bits per heavy atom. The summed E-state index contributed by atoms with van der Waals surface area (Å²) in [5.74, 6) is -7.26. The molecule has 228 valence electrons. The van der Waals surface area contributed by atoms with Crippen molar-refractivity contribution in [3.63, 3.8) is 0 Å². The molecule has 0 radical (unpaired) electrons. The van der Waals surface area contributed by atoms with Crippen LogP contribution in [0.1, 0.15) is 138 Å². The Morgan fingerprint density at radius 1 is 0.425 bits per heavy atom. The van der Waals surface area contributed by atoms with E-state index >= 15 is 0 Å². The Labute approximate surface area is 252 Å². The summed E-state index contributed by atoms with van der Waals surface area (Å²) in [6.45, 7) is 10.2. The van der Waals surface area contributed by atoms with Crippen LogP contribution in [-0.4, -0.2) is 52.6 Å². The fraction of sp³-hybridized carbons (Fsp3) is 0.800. The molecule has 0 aromatic carbocycles. The molecular weight excluding hydrogens is 531 g/mol. The fourth-order valence-corrected chi connectivity index (χ4v) is 3.79. The average Bonchev–Trinajstić information content (AvgIpc) is 2.83. The van der Waals surface area contributed by atoms with Crippen LogP contribution in [0.2, 0.25) is 0 Å². The van der Waals surface area contributed by atoms with Crippen LogP contribution in [0.4, 0.5) is 0 Å². The number of rotatable bonds is 21. The van der Waals surface area contributed by atoms with Gasteiger partial charge in [0.2, 0.25) is 0 Å². The number of carboxylic acids is 3. The molecule has 0 spiro atoms. The SMILES string of the molecule is CCCCCCC(C(C)=O)C(=O)[O-].CCCCCCC(C(C)=O)C(=O)[O-].CCCCCCC(C(C)=O)C(=O)[O-].[Al+3]. The molecule has 10 heteroatoms. The molecule has 0 rings (SSSR count). The fourth-order valence-electron chi connectivity index (χ4n) is 3.79. The summed E-state index contributed by atoms with van der Waals surface area (Å²) in [5, 5.41) is 31.4. The van der Waals surface area contributed by atoms with Crippen molar-refractivity contribution in [1.29, 1.82) is 0 Å². The molecule has 0 aliphatic carbocycles. The maximum Gasteiger partial charge on any atom is 3.00 e. The van der Waals surface area contributed by atoms with Crippen molar-refractivity contribution >= 4 is 52.6 Å². The molecule has 9 nitrogen and oxygen atoms in total. The smallest absolute Gasteiger partial charge is 0.549 e. The molecule has 0 saturated heterocycles. The zero-order chi connectivity index (χ0) is 30.8. The maximum absolute atomic E-state index is 10.8. The first-order chi connectivity index (χ1) is 18.3. The summed E-state index contributed by atoms with van der Waals surface area (Å²) in [4.78, 5) is 63.9. The molecule has 0 aliphatic heterocycles. The first-order valence-corrected chi connectivity index (χ1v) is 14.4. The number of hydrogen-bond donors (Lipinski definition) is 0. The third kappa shape index (κ3) is 27.5. The van der Waals surface area contributed by atoms with Gasteiger partial charge in [-0.3, -0.25) is 14.4 Å². The number of carbonyl (C=O) groups is 6. The van der Waals surface area contributed by atoms with E-state index in [1.807, 2.05) is 0 Å². The van der Waals surface area contributed by atoms with Gasteiger partial charge in [-0.2, -0.15) is 0 Å². The third-order valence-corrected chi connectivity index (χ3v) is 6.36. The van der Waals surface area contributed by atoms with E-state index in [1.54, 1.807) is 0 Å². The zero-order valence-corrected chi connectivity index (χ0v) is 26.7. The van der Waals surface area contributed by atoms with Gasteiger partial charge in [0.25, 0.3) is 0 Å². The van der Waals surface area contributed by atoms with Gasteiger partial charge in [0.15, 0.2) is 0 Å². The second-order valence-electron chi connectivity index (χ2n) is 9.99. The first kappa shape index (κ1) is 45.0. The molecule has 0 aromatic heterocycles. The van der Waals surface area contributed by atoms with E-state index in [2.05, 4.69) is 20.8 Å². The minimum atomic E-state index is -1.23. The van der Waals surface area contributed by atoms with Crippen molar-refractivity contribution in [1.82, 2.24) is 0 Å². The molecule has 0 saturated carbocycles. The van der Waals surface area contributed by atoms with Crippen LogP contribution >= 0.6 is 0 Å². The summed E-state index contributed by atoms with van der Waals surface area (Å²) in [7, 11) is 0. The van der Waals surface area contributed by atoms with E-state index in [4.69, 9.17) is 0 Å². The molecule has 0 bridgehead atoms. The van der Waals surface area contributed by atoms with Crippen LogP contribution in [0.3, 0.4) is 0 Å². The summed E-state index contributed by atoms with van der Waals surface area (Å²) in [6.07, 6.45) is 13.3. The monoisotopic (exact) mass is 582 g/mol. The Hall–Kier alpha value is -2.05. The molecule has 0 N–H and O–H groups in total. The van der Waals surface area contributed by atoms with Crippen molar-refractivity contribution in [2.75, 3.05) is 0 Å². The molecule has 0 aromatic rings. The molecule has 0 fully saturated rings. The van der Waals surface area contributed by atoms with Crippen molar-refractivity contribution in [3.8, 4) is 0 Å². The Balaban J connectivity index is -0.000000240. The number of carboxylic acid groups (broad SMARTS) is 3. The summed E-state index contributed by atoms with van der Waals surface area (Å²) >= 11 is 0. The Kier molecular flexibility index (Phi) is 33.6. The third-order valence-electron chi connectivity index (χ3n) is 6.36. The van der Waals surface area contributed by atoms with Crippen LogP contribution in [0.15, 0.2) is 0 Å². The number of hydrogen-bond acceptors (Lipinski definition) is 9. The predicted octanol–water partition coefficient (Wildman–Crippen LogP) is 2.35. The van der Waals surface area contributed by atoms with Gasteiger partial charge in [0.1, 0.15) is 17.3 Å². The second-order valence-corrected chi connectivity index (χ2v) is 9.99. The van der Waals surface area contributed by atoms with E-state index in [1.165, 1.54) is 20.8 Å². The van der Waals surface area contributed by atoms with Crippen LogP contribution in [-0.2, 0) is 28.8 Å². The molecule has 0 heterocycles. The van der Waals surface area contributed by atoms with Crippen LogP contribution in [0.25, 0.3) is 0 Å². The van der Waals surface area contributed by atoms with Gasteiger partial charge in [-0.25, -0.2) is 0 Å². The van der Waals surface area contributed by atoms with E-state index in [0.717, 1.165) is 77.0 Å². The molecule has 40 heavy (non-hydrogen) atoms. The van der Waals surface area contributed by atoms with Gasteiger partial charge in [-0.1, -0.05) is 97.8 Å². The van der Waals surface area contributed by atoms with E-state index in [0.29, 0.717) is 19.3 Å². The standard InChI is InChI=1S/3C10H18O3.Al/c3*1-3-4-5-6-7-9(8(2)11)10(12)13;/h3*9H,3-7H2,1-2H3,(H,12,13);/q;;;+3/p-3. The van der Waals surface area contributed by atoms with Gasteiger partial charge >= 0.3 is 17.4 Å². The minimum absolute atomic E-state index is 0. The number of Topliss-reactive ketones (excluding diaryl/α,β-unsaturated/α-hetero) is 3. The molecule has 0 amide bonds. The van der Waals surface area contributed by atoms with Crippen LogP contribution in [0.5, 0.6) is 0 Å². The van der Waals surface area contributed by atoms with E-state index < -0.39 is 35.7 Å². The predicted molar refractivity (Wildman–Crippen MR) is 150 cm³/mol. The molecule has 3 atom stereocenters. The topological polar surface area (TPSA) is 172 Å².